The second-order valence-electron chi connectivity index (χ2n) is 4.00. The lowest BCUT2D eigenvalue weighted by Crippen LogP contribution is -2.17. The Bertz CT molecular complexity index is 352. The van der Waals surface area contributed by atoms with E-state index in [-0.39, 0.29) is 16.0 Å². The Hall–Kier alpha value is -0.980. The molecule has 0 radical (unpaired) electrons. The van der Waals surface area contributed by atoms with Crippen LogP contribution in [0.4, 0.5) is 5.00 Å². The van der Waals surface area contributed by atoms with Gasteiger partial charge in [-0.25, -0.2) is 0 Å². The van der Waals surface area contributed by atoms with Crippen molar-refractivity contribution in [1.29, 1.82) is 0 Å². The molecule has 0 saturated carbocycles. The van der Waals surface area contributed by atoms with Crippen molar-refractivity contribution >= 4 is 16.3 Å². The second-order valence-corrected chi connectivity index (χ2v) is 4.89. The van der Waals surface area contributed by atoms with Crippen LogP contribution >= 0.6 is 11.3 Å². The highest BCUT2D eigenvalue weighted by atomic mass is 32.1. The summed E-state index contributed by atoms with van der Waals surface area (Å²) in [7, 11) is 0. The van der Waals surface area contributed by atoms with Crippen molar-refractivity contribution < 1.29 is 9.66 Å². The van der Waals surface area contributed by atoms with Gasteiger partial charge in [0.05, 0.1) is 11.0 Å². The highest BCUT2D eigenvalue weighted by molar-refractivity contribution is 7.13. The van der Waals surface area contributed by atoms with Gasteiger partial charge in [0.15, 0.2) is 0 Å². The molecule has 0 fully saturated rings. The molecule has 0 saturated heterocycles. The van der Waals surface area contributed by atoms with E-state index in [1.165, 1.54) is 11.3 Å². The zero-order chi connectivity index (χ0) is 12.7. The zero-order valence-electron chi connectivity index (χ0n) is 10.1. The SMILES string of the molecule is CC(C)OCCCNCc1csc([N+](=O)[O-])c1. The predicted molar refractivity (Wildman–Crippen MR) is 68.4 cm³/mol. The maximum absolute atomic E-state index is 10.5. The summed E-state index contributed by atoms with van der Waals surface area (Å²) in [5.41, 5.74) is 0.964. The molecule has 0 atom stereocenters. The molecule has 0 unspecified atom stereocenters. The average molecular weight is 258 g/mol. The molecule has 0 aliphatic carbocycles. The van der Waals surface area contributed by atoms with E-state index in [0.29, 0.717) is 6.54 Å². The van der Waals surface area contributed by atoms with Crippen LogP contribution in [0.2, 0.25) is 0 Å². The van der Waals surface area contributed by atoms with Crippen molar-refractivity contribution in [2.75, 3.05) is 13.2 Å². The van der Waals surface area contributed by atoms with Crippen molar-refractivity contribution in [3.05, 3.63) is 27.1 Å². The van der Waals surface area contributed by atoms with E-state index in [4.69, 9.17) is 4.74 Å². The fourth-order valence-corrected chi connectivity index (χ4v) is 2.03. The van der Waals surface area contributed by atoms with Crippen molar-refractivity contribution in [3.8, 4) is 0 Å². The maximum Gasteiger partial charge on any atom is 0.324 e. The van der Waals surface area contributed by atoms with Gasteiger partial charge in [-0.3, -0.25) is 10.1 Å². The predicted octanol–water partition coefficient (Wildman–Crippen LogP) is 2.56. The number of hydrogen-bond donors (Lipinski definition) is 1. The minimum Gasteiger partial charge on any atom is -0.379 e. The van der Waals surface area contributed by atoms with Crippen molar-refractivity contribution in [2.45, 2.75) is 32.9 Å². The number of thiophene rings is 1. The van der Waals surface area contributed by atoms with E-state index < -0.39 is 0 Å². The molecular weight excluding hydrogens is 240 g/mol. The van der Waals surface area contributed by atoms with Crippen LogP contribution in [0, 0.1) is 10.1 Å². The minimum atomic E-state index is -0.357. The summed E-state index contributed by atoms with van der Waals surface area (Å²) in [6.45, 7) is 6.30. The van der Waals surface area contributed by atoms with Gasteiger partial charge in [0.1, 0.15) is 0 Å². The number of nitro groups is 1. The molecule has 0 spiro atoms. The van der Waals surface area contributed by atoms with E-state index in [9.17, 15) is 10.1 Å². The Kier molecular flexibility index (Phi) is 6.10. The van der Waals surface area contributed by atoms with Gasteiger partial charge >= 0.3 is 5.00 Å². The van der Waals surface area contributed by atoms with Crippen LogP contribution in [0.15, 0.2) is 11.4 Å². The number of hydrogen-bond acceptors (Lipinski definition) is 5. The number of nitrogens with one attached hydrogen (secondary N) is 1. The first-order chi connectivity index (χ1) is 8.09. The molecule has 5 nitrogen and oxygen atoms in total. The quantitative estimate of drug-likeness (QED) is 0.442. The fourth-order valence-electron chi connectivity index (χ4n) is 1.30. The molecule has 1 rings (SSSR count). The molecule has 6 heteroatoms. The Labute approximate surface area is 105 Å². The Morgan fingerprint density at radius 1 is 1.59 bits per heavy atom. The van der Waals surface area contributed by atoms with Crippen LogP contribution < -0.4 is 5.32 Å². The molecule has 96 valence electrons. The number of nitrogens with zero attached hydrogens (tertiary/aromatic N) is 1. The average Bonchev–Trinajstić information content (AvgIpc) is 2.71. The van der Waals surface area contributed by atoms with Gasteiger partial charge in [-0.1, -0.05) is 11.3 Å². The first-order valence-corrected chi connectivity index (χ1v) is 6.51. The van der Waals surface area contributed by atoms with E-state index in [2.05, 4.69) is 5.32 Å². The van der Waals surface area contributed by atoms with Crippen LogP contribution in [0.5, 0.6) is 0 Å². The van der Waals surface area contributed by atoms with E-state index in [1.54, 1.807) is 6.07 Å². The van der Waals surface area contributed by atoms with Crippen LogP contribution in [0.1, 0.15) is 25.8 Å². The highest BCUT2D eigenvalue weighted by Gasteiger charge is 2.08. The zero-order valence-corrected chi connectivity index (χ0v) is 11.0. The standard InChI is InChI=1S/C11H18N2O3S/c1-9(2)16-5-3-4-12-7-10-6-11(13(14)15)17-8-10/h6,8-9,12H,3-5,7H2,1-2H3. The van der Waals surface area contributed by atoms with Crippen molar-refractivity contribution in [1.82, 2.24) is 5.32 Å². The molecule has 0 aromatic carbocycles. The first kappa shape index (κ1) is 14.1. The molecule has 1 aromatic heterocycles. The minimum absolute atomic E-state index is 0.199. The van der Waals surface area contributed by atoms with E-state index in [1.807, 2.05) is 19.2 Å². The molecular formula is C11H18N2O3S. The van der Waals surface area contributed by atoms with Crippen LogP contribution in [0.3, 0.4) is 0 Å². The Morgan fingerprint density at radius 2 is 2.35 bits per heavy atom. The normalized spacial score (nSPS) is 11.0. The van der Waals surface area contributed by atoms with Crippen molar-refractivity contribution in [2.24, 2.45) is 0 Å². The Morgan fingerprint density at radius 3 is 2.94 bits per heavy atom. The second kappa shape index (κ2) is 7.37. The lowest BCUT2D eigenvalue weighted by atomic mass is 10.3. The van der Waals surface area contributed by atoms with E-state index in [0.717, 1.165) is 25.1 Å². The van der Waals surface area contributed by atoms with Gasteiger partial charge in [-0.15, -0.1) is 0 Å². The summed E-state index contributed by atoms with van der Waals surface area (Å²) >= 11 is 1.17. The monoisotopic (exact) mass is 258 g/mol. The summed E-state index contributed by atoms with van der Waals surface area (Å²) < 4.78 is 5.40. The third-order valence-corrected chi connectivity index (χ3v) is 3.03. The molecule has 0 aliphatic rings. The van der Waals surface area contributed by atoms with E-state index >= 15 is 0 Å². The first-order valence-electron chi connectivity index (χ1n) is 5.63. The maximum atomic E-state index is 10.5. The Balaban J connectivity index is 2.11. The number of ether oxygens (including phenoxy) is 1. The van der Waals surface area contributed by atoms with Gasteiger partial charge in [-0.05, 0) is 32.4 Å². The van der Waals surface area contributed by atoms with Gasteiger partial charge < -0.3 is 10.1 Å². The lowest BCUT2D eigenvalue weighted by molar-refractivity contribution is -0.380. The van der Waals surface area contributed by atoms with Gasteiger partial charge in [0, 0.05) is 24.6 Å². The van der Waals surface area contributed by atoms with Crippen molar-refractivity contribution in [3.63, 3.8) is 0 Å². The topological polar surface area (TPSA) is 64.4 Å². The highest BCUT2D eigenvalue weighted by Crippen LogP contribution is 2.22. The molecule has 1 aromatic rings. The largest absolute Gasteiger partial charge is 0.379 e. The molecule has 0 amide bonds. The van der Waals surface area contributed by atoms with Gasteiger partial charge in [0.2, 0.25) is 0 Å². The van der Waals surface area contributed by atoms with Gasteiger partial charge in [-0.2, -0.15) is 0 Å². The van der Waals surface area contributed by atoms with Gasteiger partial charge in [0.25, 0.3) is 0 Å². The molecule has 1 heterocycles. The molecule has 0 aliphatic heterocycles. The summed E-state index contributed by atoms with van der Waals surface area (Å²) in [5, 5.41) is 15.7. The van der Waals surface area contributed by atoms with Crippen LogP contribution in [0.25, 0.3) is 0 Å². The van der Waals surface area contributed by atoms with Crippen LogP contribution in [-0.2, 0) is 11.3 Å². The number of rotatable bonds is 8. The third kappa shape index (κ3) is 5.76. The fraction of sp³-hybridized carbons (Fsp3) is 0.636. The molecule has 17 heavy (non-hydrogen) atoms. The smallest absolute Gasteiger partial charge is 0.324 e. The summed E-state index contributed by atoms with van der Waals surface area (Å²) in [5.74, 6) is 0. The summed E-state index contributed by atoms with van der Waals surface area (Å²) in [6, 6.07) is 1.61. The van der Waals surface area contributed by atoms with Crippen LogP contribution in [-0.4, -0.2) is 24.2 Å². The molecule has 0 bridgehead atoms. The third-order valence-electron chi connectivity index (χ3n) is 2.10. The molecule has 1 N–H and O–H groups in total. The lowest BCUT2D eigenvalue weighted by Gasteiger charge is -2.07. The summed E-state index contributed by atoms with van der Waals surface area (Å²) in [4.78, 5) is 10.1. The summed E-state index contributed by atoms with van der Waals surface area (Å²) in [6.07, 6.45) is 1.22.